The Morgan fingerprint density at radius 3 is 2.65 bits per heavy atom. The monoisotopic (exact) mass is 274 g/mol. The van der Waals surface area contributed by atoms with Gasteiger partial charge in [0.25, 0.3) is 5.91 Å². The largest absolute Gasteiger partial charge is 0.478 e. The van der Waals surface area contributed by atoms with E-state index in [4.69, 9.17) is 5.11 Å². The summed E-state index contributed by atoms with van der Waals surface area (Å²) >= 11 is 0. The third-order valence-electron chi connectivity index (χ3n) is 2.74. The van der Waals surface area contributed by atoms with Crippen LogP contribution in [0.4, 0.5) is 10.1 Å². The first-order valence-corrected chi connectivity index (χ1v) is 5.74. The maximum Gasteiger partial charge on any atom is 0.335 e. The quantitative estimate of drug-likeness (QED) is 0.901. The van der Waals surface area contributed by atoms with Gasteiger partial charge in [0.2, 0.25) is 0 Å². The van der Waals surface area contributed by atoms with Gasteiger partial charge in [-0.05, 0) is 36.8 Å². The lowest BCUT2D eigenvalue weighted by Gasteiger charge is -2.09. The molecule has 0 aliphatic rings. The molecule has 0 unspecified atom stereocenters. The van der Waals surface area contributed by atoms with E-state index in [-0.39, 0.29) is 11.1 Å². The fourth-order valence-electron chi connectivity index (χ4n) is 1.69. The van der Waals surface area contributed by atoms with E-state index in [0.717, 1.165) is 6.20 Å². The number of pyridine rings is 1. The molecule has 0 spiro atoms. The Morgan fingerprint density at radius 2 is 2.05 bits per heavy atom. The van der Waals surface area contributed by atoms with Gasteiger partial charge in [0.1, 0.15) is 0 Å². The van der Waals surface area contributed by atoms with E-state index >= 15 is 0 Å². The van der Waals surface area contributed by atoms with Crippen molar-refractivity contribution < 1.29 is 19.1 Å². The molecule has 2 aromatic rings. The van der Waals surface area contributed by atoms with Crippen LogP contribution in [0.2, 0.25) is 0 Å². The highest BCUT2D eigenvalue weighted by Gasteiger charge is 2.13. The van der Waals surface area contributed by atoms with Crippen LogP contribution < -0.4 is 5.32 Å². The second-order valence-electron chi connectivity index (χ2n) is 4.14. The average Bonchev–Trinajstić information content (AvgIpc) is 2.41. The number of amides is 1. The maximum atomic E-state index is 13.4. The van der Waals surface area contributed by atoms with Crippen molar-refractivity contribution in [1.82, 2.24) is 4.98 Å². The van der Waals surface area contributed by atoms with E-state index < -0.39 is 17.7 Å². The lowest BCUT2D eigenvalue weighted by Crippen LogP contribution is -2.15. The van der Waals surface area contributed by atoms with Crippen molar-refractivity contribution >= 4 is 17.6 Å². The van der Waals surface area contributed by atoms with E-state index in [0.29, 0.717) is 11.3 Å². The lowest BCUT2D eigenvalue weighted by molar-refractivity contribution is 0.0696. The van der Waals surface area contributed by atoms with Gasteiger partial charge in [-0.3, -0.25) is 9.78 Å². The Labute approximate surface area is 114 Å². The molecule has 0 saturated carbocycles. The number of rotatable bonds is 3. The van der Waals surface area contributed by atoms with E-state index in [9.17, 15) is 14.0 Å². The van der Waals surface area contributed by atoms with Crippen molar-refractivity contribution in [3.05, 3.63) is 59.2 Å². The van der Waals surface area contributed by atoms with Crippen LogP contribution in [-0.2, 0) is 0 Å². The van der Waals surface area contributed by atoms with E-state index in [1.54, 1.807) is 6.92 Å². The molecule has 0 atom stereocenters. The number of carboxylic acid groups (broad SMARTS) is 1. The SMILES string of the molecule is Cc1cc(C(=O)O)ccc1NC(=O)c1ccncc1F. The molecule has 6 heteroatoms. The zero-order valence-corrected chi connectivity index (χ0v) is 10.6. The van der Waals surface area contributed by atoms with Gasteiger partial charge in [-0.1, -0.05) is 0 Å². The number of aromatic carboxylic acids is 1. The predicted molar refractivity (Wildman–Crippen MR) is 70.3 cm³/mol. The Hall–Kier alpha value is -2.76. The summed E-state index contributed by atoms with van der Waals surface area (Å²) in [4.78, 5) is 26.3. The topological polar surface area (TPSA) is 79.3 Å². The number of hydrogen-bond acceptors (Lipinski definition) is 3. The van der Waals surface area contributed by atoms with Gasteiger partial charge in [0, 0.05) is 11.9 Å². The molecule has 0 aliphatic carbocycles. The molecule has 1 amide bonds. The van der Waals surface area contributed by atoms with Gasteiger partial charge in [-0.2, -0.15) is 0 Å². The minimum atomic E-state index is -1.05. The third kappa shape index (κ3) is 2.80. The van der Waals surface area contributed by atoms with Gasteiger partial charge < -0.3 is 10.4 Å². The summed E-state index contributed by atoms with van der Waals surface area (Å²) in [5.41, 5.74) is 1.00. The number of carbonyl (C=O) groups excluding carboxylic acids is 1. The number of nitrogens with zero attached hydrogens (tertiary/aromatic N) is 1. The summed E-state index contributed by atoms with van der Waals surface area (Å²) in [6, 6.07) is 5.54. The van der Waals surface area contributed by atoms with Crippen LogP contribution in [0, 0.1) is 12.7 Å². The molecule has 102 valence electrons. The Balaban J connectivity index is 2.25. The van der Waals surface area contributed by atoms with Crippen LogP contribution in [0.1, 0.15) is 26.3 Å². The summed E-state index contributed by atoms with van der Waals surface area (Å²) in [6.07, 6.45) is 2.27. The van der Waals surface area contributed by atoms with Gasteiger partial charge in [0.05, 0.1) is 17.3 Å². The molecular formula is C14H11FN2O3. The van der Waals surface area contributed by atoms with E-state index in [1.807, 2.05) is 0 Å². The number of anilines is 1. The van der Waals surface area contributed by atoms with Gasteiger partial charge in [-0.15, -0.1) is 0 Å². The smallest absolute Gasteiger partial charge is 0.335 e. The predicted octanol–water partition coefficient (Wildman–Crippen LogP) is 2.48. The molecule has 2 N–H and O–H groups in total. The Bertz CT molecular complexity index is 686. The molecule has 5 nitrogen and oxygen atoms in total. The second kappa shape index (κ2) is 5.48. The highest BCUT2D eigenvalue weighted by Crippen LogP contribution is 2.18. The molecule has 0 saturated heterocycles. The fraction of sp³-hybridized carbons (Fsp3) is 0.0714. The Kier molecular flexibility index (Phi) is 3.74. The van der Waals surface area contributed by atoms with E-state index in [2.05, 4.69) is 10.3 Å². The van der Waals surface area contributed by atoms with Crippen molar-refractivity contribution in [2.75, 3.05) is 5.32 Å². The highest BCUT2D eigenvalue weighted by atomic mass is 19.1. The Morgan fingerprint density at radius 1 is 1.30 bits per heavy atom. The first kappa shape index (κ1) is 13.7. The number of nitrogens with one attached hydrogen (secondary N) is 1. The zero-order valence-electron chi connectivity index (χ0n) is 10.6. The normalized spacial score (nSPS) is 10.1. The van der Waals surface area contributed by atoms with Gasteiger partial charge in [-0.25, -0.2) is 9.18 Å². The van der Waals surface area contributed by atoms with Crippen molar-refractivity contribution in [3.63, 3.8) is 0 Å². The fourth-order valence-corrected chi connectivity index (χ4v) is 1.69. The van der Waals surface area contributed by atoms with Crippen LogP contribution in [0.3, 0.4) is 0 Å². The number of hydrogen-bond donors (Lipinski definition) is 2. The molecule has 1 aromatic heterocycles. The van der Waals surface area contributed by atoms with Crippen LogP contribution in [0.15, 0.2) is 36.7 Å². The minimum absolute atomic E-state index is 0.121. The third-order valence-corrected chi connectivity index (χ3v) is 2.74. The zero-order chi connectivity index (χ0) is 14.7. The molecule has 20 heavy (non-hydrogen) atoms. The van der Waals surface area contributed by atoms with Crippen molar-refractivity contribution in [3.8, 4) is 0 Å². The minimum Gasteiger partial charge on any atom is -0.478 e. The van der Waals surface area contributed by atoms with Gasteiger partial charge in [0.15, 0.2) is 5.82 Å². The number of aryl methyl sites for hydroxylation is 1. The molecule has 2 rings (SSSR count). The molecule has 0 bridgehead atoms. The van der Waals surface area contributed by atoms with E-state index in [1.165, 1.54) is 30.5 Å². The average molecular weight is 274 g/mol. The molecular weight excluding hydrogens is 263 g/mol. The summed E-state index contributed by atoms with van der Waals surface area (Å²) in [5, 5.41) is 11.4. The summed E-state index contributed by atoms with van der Waals surface area (Å²) in [6.45, 7) is 1.66. The molecule has 0 aliphatic heterocycles. The van der Waals surface area contributed by atoms with Crippen LogP contribution in [0.25, 0.3) is 0 Å². The number of aromatic nitrogens is 1. The highest BCUT2D eigenvalue weighted by molar-refractivity contribution is 6.05. The lowest BCUT2D eigenvalue weighted by atomic mass is 10.1. The summed E-state index contributed by atoms with van der Waals surface area (Å²) in [5.74, 6) is -2.38. The van der Waals surface area contributed by atoms with Crippen molar-refractivity contribution in [2.45, 2.75) is 6.92 Å². The number of carboxylic acids is 1. The summed E-state index contributed by atoms with van der Waals surface area (Å²) < 4.78 is 13.4. The number of halogens is 1. The van der Waals surface area contributed by atoms with Crippen LogP contribution in [-0.4, -0.2) is 22.0 Å². The molecule has 1 heterocycles. The molecule has 0 fully saturated rings. The molecule has 1 aromatic carbocycles. The maximum absolute atomic E-state index is 13.4. The standard InChI is InChI=1S/C14H11FN2O3/c1-8-6-9(14(19)20)2-3-12(8)17-13(18)10-4-5-16-7-11(10)15/h2-7H,1H3,(H,17,18)(H,19,20). The first-order chi connectivity index (χ1) is 9.49. The number of carbonyl (C=O) groups is 2. The second-order valence-corrected chi connectivity index (χ2v) is 4.14. The van der Waals surface area contributed by atoms with Crippen molar-refractivity contribution in [1.29, 1.82) is 0 Å². The van der Waals surface area contributed by atoms with Crippen molar-refractivity contribution in [2.24, 2.45) is 0 Å². The molecule has 0 radical (unpaired) electrons. The van der Waals surface area contributed by atoms with Crippen LogP contribution in [0.5, 0.6) is 0 Å². The summed E-state index contributed by atoms with van der Waals surface area (Å²) in [7, 11) is 0. The first-order valence-electron chi connectivity index (χ1n) is 5.74. The number of benzene rings is 1. The van der Waals surface area contributed by atoms with Gasteiger partial charge >= 0.3 is 5.97 Å². The van der Waals surface area contributed by atoms with Crippen LogP contribution >= 0.6 is 0 Å².